The highest BCUT2D eigenvalue weighted by Gasteiger charge is 2.26. The van der Waals surface area contributed by atoms with Gasteiger partial charge in [0.15, 0.2) is 0 Å². The van der Waals surface area contributed by atoms with Crippen molar-refractivity contribution < 1.29 is 23.5 Å². The van der Waals surface area contributed by atoms with Gasteiger partial charge in [-0.15, -0.1) is 0 Å². The first-order chi connectivity index (χ1) is 17.6. The number of nitrogens with zero attached hydrogens (tertiary/aromatic N) is 1. The minimum absolute atomic E-state index is 0.0165. The second-order valence-corrected chi connectivity index (χ2v) is 9.29. The molecule has 2 heterocycles. The van der Waals surface area contributed by atoms with Crippen LogP contribution >= 0.6 is 0 Å². The van der Waals surface area contributed by atoms with E-state index >= 15 is 0 Å². The lowest BCUT2D eigenvalue weighted by atomic mass is 10.0. The summed E-state index contributed by atoms with van der Waals surface area (Å²) in [7, 11) is 0. The molecule has 8 heteroatoms. The molecule has 3 aromatic rings. The second kappa shape index (κ2) is 13.1. The summed E-state index contributed by atoms with van der Waals surface area (Å²) >= 11 is 0. The minimum atomic E-state index is -0.293. The number of hydrogen-bond donors (Lipinski definition) is 2. The molecular weight excluding hydrogens is 461 g/mol. The average molecular weight is 496 g/mol. The number of unbranched alkanes of at least 4 members (excludes halogenated alkanes) is 1. The van der Waals surface area contributed by atoms with Crippen LogP contribution in [-0.2, 0) is 27.3 Å². The maximum Gasteiger partial charge on any atom is 0.409 e. The van der Waals surface area contributed by atoms with E-state index in [1.54, 1.807) is 17.0 Å². The number of ether oxygens (including phenoxy) is 2. The van der Waals surface area contributed by atoms with E-state index in [1.165, 1.54) is 17.5 Å². The molecule has 4 rings (SSSR count). The highest BCUT2D eigenvalue weighted by Crippen LogP contribution is 2.23. The Morgan fingerprint density at radius 3 is 2.81 bits per heavy atom. The molecule has 1 aliphatic rings. The van der Waals surface area contributed by atoms with Gasteiger partial charge in [-0.3, -0.25) is 4.79 Å². The normalized spacial score (nSPS) is 15.4. The first-order valence-corrected chi connectivity index (χ1v) is 12.6. The van der Waals surface area contributed by atoms with Crippen molar-refractivity contribution in [1.82, 2.24) is 15.2 Å². The molecule has 2 amide bonds. The fourth-order valence-corrected chi connectivity index (χ4v) is 4.59. The molecule has 0 bridgehead atoms. The zero-order valence-corrected chi connectivity index (χ0v) is 20.5. The molecule has 0 spiro atoms. The SMILES string of the molecule is O=C(COCc1ccc(F)cc1)NCCCCC1CCN(C(=O)OCCc2c[nH]c3ccccc23)C1. The van der Waals surface area contributed by atoms with Crippen molar-refractivity contribution in [3.05, 3.63) is 71.7 Å². The van der Waals surface area contributed by atoms with Crippen LogP contribution in [0.2, 0.25) is 0 Å². The number of hydrogen-bond acceptors (Lipinski definition) is 4. The van der Waals surface area contributed by atoms with Gasteiger partial charge in [-0.25, -0.2) is 9.18 Å². The predicted molar refractivity (Wildman–Crippen MR) is 136 cm³/mol. The number of halogens is 1. The standard InChI is InChI=1S/C28H34FN3O4/c29-24-10-8-22(9-11-24)19-35-20-27(33)30-14-4-3-5-21-12-15-32(18-21)28(34)36-16-13-23-17-31-26-7-2-1-6-25(23)26/h1-2,6-11,17,21,31H,3-5,12-16,18-20H2,(H,30,33). The van der Waals surface area contributed by atoms with E-state index in [1.807, 2.05) is 24.4 Å². The van der Waals surface area contributed by atoms with Crippen molar-refractivity contribution in [1.29, 1.82) is 0 Å². The van der Waals surface area contributed by atoms with Crippen LogP contribution in [-0.4, -0.2) is 54.7 Å². The Bertz CT molecular complexity index is 1130. The van der Waals surface area contributed by atoms with Gasteiger partial charge in [0.1, 0.15) is 12.4 Å². The number of carbonyl (C=O) groups excluding carboxylic acids is 2. The van der Waals surface area contributed by atoms with Gasteiger partial charge < -0.3 is 24.7 Å². The Hall–Kier alpha value is -3.39. The topological polar surface area (TPSA) is 83.7 Å². The van der Waals surface area contributed by atoms with E-state index < -0.39 is 0 Å². The van der Waals surface area contributed by atoms with Crippen LogP contribution in [0.4, 0.5) is 9.18 Å². The summed E-state index contributed by atoms with van der Waals surface area (Å²) in [6.07, 6.45) is 6.33. The summed E-state index contributed by atoms with van der Waals surface area (Å²) in [6.45, 7) is 2.70. The molecule has 36 heavy (non-hydrogen) atoms. The summed E-state index contributed by atoms with van der Waals surface area (Å²) in [6, 6.07) is 14.1. The number of rotatable bonds is 12. The van der Waals surface area contributed by atoms with Gasteiger partial charge in [-0.1, -0.05) is 36.8 Å². The van der Waals surface area contributed by atoms with Crippen LogP contribution in [0.3, 0.4) is 0 Å². The maximum atomic E-state index is 12.9. The highest BCUT2D eigenvalue weighted by atomic mass is 19.1. The molecule has 0 aliphatic carbocycles. The van der Waals surface area contributed by atoms with Crippen molar-refractivity contribution in [3.8, 4) is 0 Å². The molecule has 1 fully saturated rings. The average Bonchev–Trinajstić information content (AvgIpc) is 3.53. The number of aromatic amines is 1. The predicted octanol–water partition coefficient (Wildman–Crippen LogP) is 4.81. The number of aromatic nitrogens is 1. The van der Waals surface area contributed by atoms with Gasteiger partial charge in [0, 0.05) is 43.2 Å². The van der Waals surface area contributed by atoms with Gasteiger partial charge in [-0.2, -0.15) is 0 Å². The van der Waals surface area contributed by atoms with Crippen molar-refractivity contribution in [2.45, 2.75) is 38.7 Å². The molecule has 7 nitrogen and oxygen atoms in total. The Kier molecular flexibility index (Phi) is 9.33. The van der Waals surface area contributed by atoms with Crippen molar-refractivity contribution in [3.63, 3.8) is 0 Å². The summed E-state index contributed by atoms with van der Waals surface area (Å²) in [4.78, 5) is 29.4. The number of benzene rings is 2. The Morgan fingerprint density at radius 1 is 1.11 bits per heavy atom. The molecule has 1 aliphatic heterocycles. The molecule has 1 aromatic heterocycles. The number of para-hydroxylation sites is 1. The third kappa shape index (κ3) is 7.55. The van der Waals surface area contributed by atoms with E-state index in [2.05, 4.69) is 16.4 Å². The number of nitrogens with one attached hydrogen (secondary N) is 2. The third-order valence-electron chi connectivity index (χ3n) is 6.59. The first kappa shape index (κ1) is 25.7. The molecule has 2 aromatic carbocycles. The monoisotopic (exact) mass is 495 g/mol. The lowest BCUT2D eigenvalue weighted by Crippen LogP contribution is -2.30. The van der Waals surface area contributed by atoms with Crippen LogP contribution in [0.25, 0.3) is 10.9 Å². The van der Waals surface area contributed by atoms with Crippen LogP contribution in [0.5, 0.6) is 0 Å². The second-order valence-electron chi connectivity index (χ2n) is 9.29. The van der Waals surface area contributed by atoms with Gasteiger partial charge in [0.2, 0.25) is 5.91 Å². The van der Waals surface area contributed by atoms with E-state index in [0.717, 1.165) is 55.4 Å². The van der Waals surface area contributed by atoms with Crippen molar-refractivity contribution >= 4 is 22.9 Å². The van der Waals surface area contributed by atoms with Gasteiger partial charge in [0.05, 0.1) is 13.2 Å². The fourth-order valence-electron chi connectivity index (χ4n) is 4.59. The van der Waals surface area contributed by atoms with Crippen LogP contribution in [0.1, 0.15) is 36.8 Å². The zero-order chi connectivity index (χ0) is 25.2. The lowest BCUT2D eigenvalue weighted by Gasteiger charge is -2.16. The van der Waals surface area contributed by atoms with Crippen molar-refractivity contribution in [2.24, 2.45) is 5.92 Å². The third-order valence-corrected chi connectivity index (χ3v) is 6.59. The number of carbonyl (C=O) groups is 2. The number of fused-ring (bicyclic) bond motifs is 1. The molecule has 1 unspecified atom stereocenters. The summed E-state index contributed by atoms with van der Waals surface area (Å²) in [5.41, 5.74) is 3.08. The zero-order valence-electron chi connectivity index (χ0n) is 20.5. The Labute approximate surface area is 211 Å². The Balaban J connectivity index is 1.03. The van der Waals surface area contributed by atoms with Gasteiger partial charge >= 0.3 is 6.09 Å². The fraction of sp³-hybridized carbons (Fsp3) is 0.429. The highest BCUT2D eigenvalue weighted by molar-refractivity contribution is 5.83. The Morgan fingerprint density at radius 2 is 1.94 bits per heavy atom. The number of likely N-dealkylation sites (tertiary alicyclic amines) is 1. The van der Waals surface area contributed by atoms with Crippen LogP contribution in [0, 0.1) is 11.7 Å². The van der Waals surface area contributed by atoms with E-state index in [0.29, 0.717) is 25.5 Å². The molecule has 0 saturated carbocycles. The van der Waals surface area contributed by atoms with E-state index in [9.17, 15) is 14.0 Å². The summed E-state index contributed by atoms with van der Waals surface area (Å²) in [5, 5.41) is 4.04. The number of amides is 2. The largest absolute Gasteiger partial charge is 0.449 e. The first-order valence-electron chi connectivity index (χ1n) is 12.6. The van der Waals surface area contributed by atoms with Gasteiger partial charge in [-0.05, 0) is 54.5 Å². The lowest BCUT2D eigenvalue weighted by molar-refractivity contribution is -0.126. The van der Waals surface area contributed by atoms with E-state index in [-0.39, 0.29) is 31.0 Å². The number of H-pyrrole nitrogens is 1. The van der Waals surface area contributed by atoms with Crippen LogP contribution < -0.4 is 5.32 Å². The minimum Gasteiger partial charge on any atom is -0.449 e. The summed E-state index contributed by atoms with van der Waals surface area (Å²) < 4.78 is 23.8. The quantitative estimate of drug-likeness (QED) is 0.353. The van der Waals surface area contributed by atoms with Crippen LogP contribution in [0.15, 0.2) is 54.7 Å². The molecule has 192 valence electrons. The molecule has 1 atom stereocenters. The molecule has 1 saturated heterocycles. The summed E-state index contributed by atoms with van der Waals surface area (Å²) in [5.74, 6) is 0.0274. The maximum absolute atomic E-state index is 12.9. The van der Waals surface area contributed by atoms with Gasteiger partial charge in [0.25, 0.3) is 0 Å². The molecule has 2 N–H and O–H groups in total. The smallest absolute Gasteiger partial charge is 0.409 e. The molecular formula is C28H34FN3O4. The van der Waals surface area contributed by atoms with Crippen molar-refractivity contribution in [2.75, 3.05) is 32.8 Å². The molecule has 0 radical (unpaired) electrons. The van der Waals surface area contributed by atoms with E-state index in [4.69, 9.17) is 9.47 Å².